The Kier molecular flexibility index (Phi) is 3.70. The molecule has 0 amide bonds. The molecule has 1 aromatic rings. The highest BCUT2D eigenvalue weighted by Gasteiger charge is 2.23. The minimum absolute atomic E-state index is 0.716. The minimum Gasteiger partial charge on any atom is -0.353 e. The van der Waals surface area contributed by atoms with Crippen molar-refractivity contribution in [2.45, 2.75) is 45.7 Å². The molecule has 90 valence electrons. The monoisotopic (exact) mass is 220 g/mol. The second-order valence-corrected chi connectivity index (χ2v) is 5.61. The Balaban J connectivity index is 1.84. The molecule has 2 unspecified atom stereocenters. The number of hydrogen-bond acceptors (Lipinski definition) is 1. The van der Waals surface area contributed by atoms with E-state index in [1.807, 2.05) is 0 Å². The van der Waals surface area contributed by atoms with Gasteiger partial charge in [0.2, 0.25) is 0 Å². The van der Waals surface area contributed by atoms with Gasteiger partial charge in [-0.3, -0.25) is 0 Å². The maximum atomic E-state index is 3.70. The van der Waals surface area contributed by atoms with Crippen LogP contribution < -0.4 is 5.32 Å². The Bertz CT molecular complexity index is 319. The SMILES string of the molecule is CC1CC(C)CC(NCc2cccn2C)C1. The summed E-state index contributed by atoms with van der Waals surface area (Å²) in [6.45, 7) is 5.77. The zero-order valence-corrected chi connectivity index (χ0v) is 10.7. The Morgan fingerprint density at radius 1 is 1.25 bits per heavy atom. The van der Waals surface area contributed by atoms with Crippen molar-refractivity contribution in [3.8, 4) is 0 Å². The maximum absolute atomic E-state index is 3.70. The minimum atomic E-state index is 0.716. The molecule has 0 saturated heterocycles. The predicted octanol–water partition coefficient (Wildman–Crippen LogP) is 2.94. The van der Waals surface area contributed by atoms with E-state index in [2.05, 4.69) is 49.1 Å². The number of hydrogen-bond donors (Lipinski definition) is 1. The van der Waals surface area contributed by atoms with Crippen LogP contribution >= 0.6 is 0 Å². The van der Waals surface area contributed by atoms with E-state index in [0.717, 1.165) is 18.4 Å². The van der Waals surface area contributed by atoms with Gasteiger partial charge in [0.15, 0.2) is 0 Å². The third-order valence-electron chi connectivity index (χ3n) is 3.80. The molecule has 0 bridgehead atoms. The van der Waals surface area contributed by atoms with Crippen LogP contribution in [0.2, 0.25) is 0 Å². The molecule has 1 aromatic heterocycles. The fourth-order valence-corrected chi connectivity index (χ4v) is 3.04. The van der Waals surface area contributed by atoms with Crippen molar-refractivity contribution in [3.63, 3.8) is 0 Å². The lowest BCUT2D eigenvalue weighted by molar-refractivity contribution is 0.237. The second kappa shape index (κ2) is 5.05. The molecule has 1 saturated carbocycles. The van der Waals surface area contributed by atoms with Gasteiger partial charge in [-0.25, -0.2) is 0 Å². The van der Waals surface area contributed by atoms with Crippen molar-refractivity contribution in [2.75, 3.05) is 0 Å². The summed E-state index contributed by atoms with van der Waals surface area (Å²) in [5.74, 6) is 1.77. The van der Waals surface area contributed by atoms with Crippen LogP contribution in [0.25, 0.3) is 0 Å². The fourth-order valence-electron chi connectivity index (χ4n) is 3.04. The highest BCUT2D eigenvalue weighted by molar-refractivity contribution is 5.06. The predicted molar refractivity (Wildman–Crippen MR) is 68.2 cm³/mol. The van der Waals surface area contributed by atoms with E-state index >= 15 is 0 Å². The van der Waals surface area contributed by atoms with Crippen molar-refractivity contribution in [2.24, 2.45) is 18.9 Å². The van der Waals surface area contributed by atoms with Gasteiger partial charge in [0, 0.05) is 31.5 Å². The molecular weight excluding hydrogens is 196 g/mol. The first-order valence-corrected chi connectivity index (χ1v) is 6.48. The van der Waals surface area contributed by atoms with Gasteiger partial charge in [-0.1, -0.05) is 13.8 Å². The van der Waals surface area contributed by atoms with Crippen LogP contribution in [0.4, 0.5) is 0 Å². The molecule has 2 nitrogen and oxygen atoms in total. The first-order valence-electron chi connectivity index (χ1n) is 6.48. The van der Waals surface area contributed by atoms with Crippen molar-refractivity contribution in [1.82, 2.24) is 9.88 Å². The van der Waals surface area contributed by atoms with Gasteiger partial charge >= 0.3 is 0 Å². The van der Waals surface area contributed by atoms with Crippen molar-refractivity contribution in [1.29, 1.82) is 0 Å². The van der Waals surface area contributed by atoms with Gasteiger partial charge in [0.05, 0.1) is 0 Å². The van der Waals surface area contributed by atoms with Crippen LogP contribution in [-0.2, 0) is 13.6 Å². The zero-order chi connectivity index (χ0) is 11.5. The first-order chi connectivity index (χ1) is 7.65. The van der Waals surface area contributed by atoms with Crippen LogP contribution in [0.15, 0.2) is 18.3 Å². The molecule has 0 aromatic carbocycles. The molecule has 1 aliphatic rings. The van der Waals surface area contributed by atoms with Gasteiger partial charge in [-0.2, -0.15) is 0 Å². The number of rotatable bonds is 3. The van der Waals surface area contributed by atoms with Crippen LogP contribution in [0.3, 0.4) is 0 Å². The molecule has 1 N–H and O–H groups in total. The smallest absolute Gasteiger partial charge is 0.0361 e. The van der Waals surface area contributed by atoms with Gasteiger partial charge in [-0.05, 0) is 43.2 Å². The Morgan fingerprint density at radius 2 is 1.94 bits per heavy atom. The molecule has 1 aliphatic carbocycles. The number of aromatic nitrogens is 1. The second-order valence-electron chi connectivity index (χ2n) is 5.61. The molecule has 0 radical (unpaired) electrons. The zero-order valence-electron chi connectivity index (χ0n) is 10.7. The average Bonchev–Trinajstić information content (AvgIpc) is 2.59. The summed E-state index contributed by atoms with van der Waals surface area (Å²) >= 11 is 0. The van der Waals surface area contributed by atoms with E-state index in [9.17, 15) is 0 Å². The fraction of sp³-hybridized carbons (Fsp3) is 0.714. The summed E-state index contributed by atoms with van der Waals surface area (Å²) < 4.78 is 2.20. The molecule has 1 heterocycles. The Labute approximate surface area is 99.0 Å². The largest absolute Gasteiger partial charge is 0.353 e. The number of aryl methyl sites for hydroxylation is 1. The van der Waals surface area contributed by atoms with Crippen LogP contribution in [0, 0.1) is 11.8 Å². The molecule has 2 atom stereocenters. The molecule has 1 fully saturated rings. The van der Waals surface area contributed by atoms with Crippen LogP contribution in [-0.4, -0.2) is 10.6 Å². The summed E-state index contributed by atoms with van der Waals surface area (Å²) in [5.41, 5.74) is 1.38. The normalized spacial score (nSPS) is 30.6. The van der Waals surface area contributed by atoms with Gasteiger partial charge in [-0.15, -0.1) is 0 Å². The molecule has 2 rings (SSSR count). The number of nitrogens with zero attached hydrogens (tertiary/aromatic N) is 1. The lowest BCUT2D eigenvalue weighted by Gasteiger charge is -2.32. The maximum Gasteiger partial charge on any atom is 0.0361 e. The Hall–Kier alpha value is -0.760. The third-order valence-corrected chi connectivity index (χ3v) is 3.80. The van der Waals surface area contributed by atoms with E-state index < -0.39 is 0 Å². The molecular formula is C14H24N2. The topological polar surface area (TPSA) is 17.0 Å². The quantitative estimate of drug-likeness (QED) is 0.828. The van der Waals surface area contributed by atoms with E-state index in [4.69, 9.17) is 0 Å². The summed E-state index contributed by atoms with van der Waals surface area (Å²) in [6.07, 6.45) is 6.20. The van der Waals surface area contributed by atoms with E-state index in [-0.39, 0.29) is 0 Å². The molecule has 0 aliphatic heterocycles. The van der Waals surface area contributed by atoms with E-state index in [1.165, 1.54) is 25.0 Å². The molecule has 16 heavy (non-hydrogen) atoms. The van der Waals surface area contributed by atoms with Gasteiger partial charge < -0.3 is 9.88 Å². The summed E-state index contributed by atoms with van der Waals surface area (Å²) in [4.78, 5) is 0. The lowest BCUT2D eigenvalue weighted by atomic mass is 9.80. The summed E-state index contributed by atoms with van der Waals surface area (Å²) in [5, 5.41) is 3.70. The van der Waals surface area contributed by atoms with Crippen molar-refractivity contribution >= 4 is 0 Å². The highest BCUT2D eigenvalue weighted by Crippen LogP contribution is 2.28. The molecule has 0 spiro atoms. The van der Waals surface area contributed by atoms with Crippen molar-refractivity contribution < 1.29 is 0 Å². The highest BCUT2D eigenvalue weighted by atomic mass is 15.0. The summed E-state index contributed by atoms with van der Waals surface area (Å²) in [6, 6.07) is 5.03. The third kappa shape index (κ3) is 2.88. The van der Waals surface area contributed by atoms with E-state index in [1.54, 1.807) is 0 Å². The standard InChI is InChI=1S/C14H24N2/c1-11-7-12(2)9-13(8-11)15-10-14-5-4-6-16(14)3/h4-6,11-13,15H,7-10H2,1-3H3. The van der Waals surface area contributed by atoms with Gasteiger partial charge in [0.1, 0.15) is 0 Å². The molecule has 2 heteroatoms. The van der Waals surface area contributed by atoms with Crippen molar-refractivity contribution in [3.05, 3.63) is 24.0 Å². The van der Waals surface area contributed by atoms with Crippen LogP contribution in [0.5, 0.6) is 0 Å². The lowest BCUT2D eigenvalue weighted by Crippen LogP contribution is -2.36. The number of nitrogens with one attached hydrogen (secondary N) is 1. The summed E-state index contributed by atoms with van der Waals surface area (Å²) in [7, 11) is 2.11. The van der Waals surface area contributed by atoms with Gasteiger partial charge in [0.25, 0.3) is 0 Å². The van der Waals surface area contributed by atoms with Crippen LogP contribution in [0.1, 0.15) is 38.8 Å². The first kappa shape index (κ1) is 11.7. The Morgan fingerprint density at radius 3 is 2.50 bits per heavy atom. The van der Waals surface area contributed by atoms with E-state index in [0.29, 0.717) is 6.04 Å². The average molecular weight is 220 g/mol.